The van der Waals surface area contributed by atoms with Gasteiger partial charge in [-0.05, 0) is 111 Å². The molecule has 0 bridgehead atoms. The Kier molecular flexibility index (Phi) is 6.18. The van der Waals surface area contributed by atoms with Crippen LogP contribution in [0.5, 0.6) is 0 Å². The minimum absolute atomic E-state index is 0.184. The minimum Gasteiger partial charge on any atom is -0.357 e. The van der Waals surface area contributed by atoms with E-state index in [1.165, 1.54) is 12.1 Å². The molecular weight excluding hydrogens is 609 g/mol. The first-order valence-corrected chi connectivity index (χ1v) is 17.4. The molecule has 3 fully saturated rings. The number of fused-ring (bicyclic) bond motifs is 2. The number of imidazole rings is 2. The lowest BCUT2D eigenvalue weighted by Crippen LogP contribution is -2.26. The molecule has 238 valence electrons. The van der Waals surface area contributed by atoms with E-state index in [-0.39, 0.29) is 24.2 Å². The Labute approximate surface area is 256 Å². The highest BCUT2D eigenvalue weighted by Gasteiger charge is 2.65. The lowest BCUT2D eigenvalue weighted by Gasteiger charge is -2.41. The van der Waals surface area contributed by atoms with Crippen molar-refractivity contribution in [1.29, 1.82) is 0 Å². The summed E-state index contributed by atoms with van der Waals surface area (Å²) < 4.78 is 68.1. The summed E-state index contributed by atoms with van der Waals surface area (Å²) in [5, 5.41) is 6.93. The molecule has 0 radical (unpaired) electrons. The summed E-state index contributed by atoms with van der Waals surface area (Å²) in [4.78, 5) is 16.7. The number of hydrogen-bond donors (Lipinski definition) is 4. The highest BCUT2D eigenvalue weighted by atomic mass is 32.5. The fourth-order valence-corrected chi connectivity index (χ4v) is 8.03. The Balaban J connectivity index is 1.18. The van der Waals surface area contributed by atoms with E-state index in [2.05, 4.69) is 37.6 Å². The van der Waals surface area contributed by atoms with Crippen molar-refractivity contribution < 1.29 is 19.4 Å². The van der Waals surface area contributed by atoms with Crippen LogP contribution in [0.1, 0.15) is 85.5 Å². The van der Waals surface area contributed by atoms with Gasteiger partial charge < -0.3 is 25.5 Å². The molecule has 3 aromatic carbocycles. The lowest BCUT2D eigenvalue weighted by atomic mass is 10.0. The normalized spacial score (nSPS) is 25.8. The lowest BCUT2D eigenvalue weighted by molar-refractivity contribution is 0.364. The van der Waals surface area contributed by atoms with E-state index in [1.54, 1.807) is 0 Å². The van der Waals surface area contributed by atoms with Crippen molar-refractivity contribution in [2.45, 2.75) is 67.6 Å². The van der Waals surface area contributed by atoms with Gasteiger partial charge in [-0.3, -0.25) is 0 Å². The van der Waals surface area contributed by atoms with Crippen LogP contribution in [0.4, 0.5) is 25.1 Å². The molecule has 1 unspecified atom stereocenters. The van der Waals surface area contributed by atoms with Crippen LogP contribution in [0.25, 0.3) is 22.1 Å². The van der Waals surface area contributed by atoms with Crippen molar-refractivity contribution in [2.24, 2.45) is 0 Å². The molecule has 5 heterocycles. The molecule has 0 amide bonds. The Morgan fingerprint density at radius 3 is 1.53 bits per heavy atom. The summed E-state index contributed by atoms with van der Waals surface area (Å²) in [5.41, 5.74) is 5.89. The first kappa shape index (κ1) is 28.8. The van der Waals surface area contributed by atoms with E-state index in [0.29, 0.717) is 17.8 Å². The topological polar surface area (TPSA) is 84.7 Å². The number of nitrogens with zero attached hydrogens (tertiary/aromatic N) is 3. The van der Waals surface area contributed by atoms with Crippen molar-refractivity contribution in [3.8, 4) is 0 Å². The second kappa shape index (κ2) is 9.66. The number of aromatic nitrogens is 4. The average molecular weight is 644 g/mol. The molecule has 4 N–H and O–H groups in total. The minimum atomic E-state index is -9.81. The Morgan fingerprint density at radius 1 is 0.622 bits per heavy atom. The maximum atomic E-state index is 13.6. The van der Waals surface area contributed by atoms with Crippen LogP contribution in [0.3, 0.4) is 0 Å². The van der Waals surface area contributed by atoms with Crippen molar-refractivity contribution in [3.63, 3.8) is 0 Å². The highest BCUT2D eigenvalue weighted by molar-refractivity contribution is 8.45. The van der Waals surface area contributed by atoms with Gasteiger partial charge in [0, 0.05) is 5.69 Å². The maximum Gasteiger partial charge on any atom is 0.310 e. The predicted molar refractivity (Wildman–Crippen MR) is 167 cm³/mol. The fraction of sp³-hybridized carbons (Fsp3) is 0.375. The average Bonchev–Trinajstić information content (AvgIpc) is 3.83. The molecule has 5 aromatic rings. The number of anilines is 1. The Hall–Kier alpha value is -3.68. The Morgan fingerprint density at radius 2 is 1.11 bits per heavy atom. The second-order valence-electron chi connectivity index (χ2n) is 12.6. The number of aromatic amines is 2. The summed E-state index contributed by atoms with van der Waals surface area (Å²) in [6.45, 7) is 1.91. The van der Waals surface area contributed by atoms with Crippen molar-refractivity contribution in [3.05, 3.63) is 83.4 Å². The van der Waals surface area contributed by atoms with Gasteiger partial charge in [0.2, 0.25) is 0 Å². The van der Waals surface area contributed by atoms with E-state index in [0.717, 1.165) is 96.5 Å². The summed E-state index contributed by atoms with van der Waals surface area (Å²) in [6.07, 6.45) is 5.66. The van der Waals surface area contributed by atoms with Crippen LogP contribution < -0.4 is 15.5 Å². The van der Waals surface area contributed by atoms with E-state index < -0.39 is 15.1 Å². The first-order valence-electron chi connectivity index (χ1n) is 15.5. The molecule has 0 saturated carbocycles. The third kappa shape index (κ3) is 5.34. The molecule has 7 nitrogen and oxygen atoms in total. The van der Waals surface area contributed by atoms with Crippen molar-refractivity contribution in [2.75, 3.05) is 18.0 Å². The molecule has 0 aliphatic carbocycles. The summed E-state index contributed by atoms with van der Waals surface area (Å²) in [7, 11) is -9.81. The second-order valence-corrected chi connectivity index (χ2v) is 15.0. The molecule has 45 heavy (non-hydrogen) atoms. The van der Waals surface area contributed by atoms with Gasteiger partial charge in [0.15, 0.2) is 0 Å². The van der Waals surface area contributed by atoms with Gasteiger partial charge in [-0.15, -0.1) is 0 Å². The smallest absolute Gasteiger partial charge is 0.310 e. The number of benzene rings is 3. The van der Waals surface area contributed by atoms with Crippen LogP contribution in [0, 0.1) is 0 Å². The molecule has 13 heteroatoms. The summed E-state index contributed by atoms with van der Waals surface area (Å²) >= 11 is 0. The fourth-order valence-electron chi connectivity index (χ4n) is 7.38. The Bertz CT molecular complexity index is 1790. The maximum absolute atomic E-state index is 13.6. The van der Waals surface area contributed by atoms with Crippen LogP contribution in [0.15, 0.2) is 65.6 Å². The van der Waals surface area contributed by atoms with E-state index in [4.69, 9.17) is 9.97 Å². The number of rotatable bonds is 6. The monoisotopic (exact) mass is 643 g/mol. The number of H-pyrrole nitrogens is 2. The van der Waals surface area contributed by atoms with Gasteiger partial charge in [-0.1, -0.05) is 31.6 Å². The third-order valence-corrected chi connectivity index (χ3v) is 10.7. The highest BCUT2D eigenvalue weighted by Crippen LogP contribution is 3.02. The zero-order valence-corrected chi connectivity index (χ0v) is 25.2. The number of halogens is 5. The van der Waals surface area contributed by atoms with Gasteiger partial charge in [-0.25, -0.2) is 9.97 Å². The van der Waals surface area contributed by atoms with Gasteiger partial charge in [0.25, 0.3) is 0 Å². The molecule has 8 rings (SSSR count). The van der Waals surface area contributed by atoms with Gasteiger partial charge in [0.1, 0.15) is 16.5 Å². The van der Waals surface area contributed by atoms with Gasteiger partial charge in [-0.2, -0.15) is 0 Å². The van der Waals surface area contributed by atoms with Crippen LogP contribution >= 0.6 is 10.2 Å². The largest absolute Gasteiger partial charge is 0.357 e. The summed E-state index contributed by atoms with van der Waals surface area (Å²) in [6, 6.07) is 15.4. The van der Waals surface area contributed by atoms with Crippen LogP contribution in [-0.2, 0) is 0 Å². The zero-order valence-electron chi connectivity index (χ0n) is 24.4. The molecular formula is C32H34F5N7S. The molecule has 4 atom stereocenters. The van der Waals surface area contributed by atoms with Crippen LogP contribution in [-0.4, -0.2) is 33.0 Å². The molecule has 3 aliphatic rings. The standard InChI is InChI=1S/C32H34F5N7S/c33-45(34,35,36,37)22-9-7-21(8-10-22)44-29(19-5-11-23-27(17-19)42-31(40-23)25-3-1-15-38-25)13-14-30(44)20-6-12-24-28(18-20)43-32(41-24)26-4-2-16-39-26/h5-12,17-18,25-26,29-30,38-39H,1-4,13-16H2,(H,40,42)(H,41,43)/t25-,26-,29+,30?/m0/s1. The SMILES string of the molecule is FS(F)(F)(F)(F)c1ccc(N2C(c3ccc4nc([C@@H]5CCCN5)[nH]c4c3)CC[C@@H]2c2ccc3nc([C@@H]4CCCN4)[nH]c3c2)cc1. The first-order chi connectivity index (χ1) is 21.4. The van der Waals surface area contributed by atoms with Gasteiger partial charge in [0.05, 0.1) is 46.2 Å². The third-order valence-electron chi connectivity index (χ3n) is 9.56. The number of hydrogen-bond acceptors (Lipinski definition) is 5. The molecule has 0 spiro atoms. The predicted octanol–water partition coefficient (Wildman–Crippen LogP) is 9.03. The quantitative estimate of drug-likeness (QED) is 0.139. The van der Waals surface area contributed by atoms with Crippen molar-refractivity contribution in [1.82, 2.24) is 30.6 Å². The number of nitrogens with one attached hydrogen (secondary N) is 4. The van der Waals surface area contributed by atoms with Crippen LogP contribution in [0.2, 0.25) is 0 Å². The van der Waals surface area contributed by atoms with E-state index in [9.17, 15) is 19.4 Å². The summed E-state index contributed by atoms with van der Waals surface area (Å²) in [5.74, 6) is 1.79. The van der Waals surface area contributed by atoms with Gasteiger partial charge >= 0.3 is 10.2 Å². The zero-order chi connectivity index (χ0) is 31.0. The van der Waals surface area contributed by atoms with E-state index >= 15 is 0 Å². The van der Waals surface area contributed by atoms with Crippen molar-refractivity contribution >= 4 is 38.0 Å². The van der Waals surface area contributed by atoms with E-state index in [1.807, 2.05) is 24.3 Å². The molecule has 3 saturated heterocycles. The molecule has 2 aromatic heterocycles. The molecule has 3 aliphatic heterocycles.